The maximum Gasteiger partial charge on any atom is 0.332 e. The SMILES string of the molecule is C[C@@H]1CC2=CC(=O)CC[C@@H]2[C@H]2CC[C@]3(C)[C@@H](OC(=O)COCc4ccccc4)CC[C@H]3[C@@H]21. The van der Waals surface area contributed by atoms with Crippen LogP contribution < -0.4 is 0 Å². The van der Waals surface area contributed by atoms with Gasteiger partial charge >= 0.3 is 5.97 Å². The zero-order valence-corrected chi connectivity index (χ0v) is 19.4. The molecule has 4 aliphatic carbocycles. The molecule has 0 spiro atoms. The Balaban J connectivity index is 1.22. The molecule has 7 atom stereocenters. The van der Waals surface area contributed by atoms with Gasteiger partial charge in [-0.25, -0.2) is 4.79 Å². The van der Waals surface area contributed by atoms with Crippen LogP contribution in [-0.2, 0) is 25.7 Å². The van der Waals surface area contributed by atoms with Crippen molar-refractivity contribution in [2.24, 2.45) is 35.0 Å². The van der Waals surface area contributed by atoms with Crippen LogP contribution in [0.1, 0.15) is 64.4 Å². The van der Waals surface area contributed by atoms with Crippen LogP contribution in [0.5, 0.6) is 0 Å². The van der Waals surface area contributed by atoms with Crippen LogP contribution in [0.4, 0.5) is 0 Å². The zero-order valence-electron chi connectivity index (χ0n) is 19.4. The van der Waals surface area contributed by atoms with Crippen molar-refractivity contribution in [1.82, 2.24) is 0 Å². The van der Waals surface area contributed by atoms with E-state index in [2.05, 4.69) is 13.8 Å². The Labute approximate surface area is 191 Å². The lowest BCUT2D eigenvalue weighted by Crippen LogP contribution is -2.51. The first-order valence-electron chi connectivity index (χ1n) is 12.5. The molecule has 4 heteroatoms. The highest BCUT2D eigenvalue weighted by molar-refractivity contribution is 5.91. The molecule has 0 amide bonds. The zero-order chi connectivity index (χ0) is 22.3. The lowest BCUT2D eigenvalue weighted by atomic mass is 9.49. The summed E-state index contributed by atoms with van der Waals surface area (Å²) >= 11 is 0. The maximum absolute atomic E-state index is 12.6. The van der Waals surface area contributed by atoms with Gasteiger partial charge < -0.3 is 9.47 Å². The minimum atomic E-state index is -0.234. The molecular formula is C28H36O4. The molecule has 1 aromatic carbocycles. The second kappa shape index (κ2) is 8.78. The second-order valence-electron chi connectivity index (χ2n) is 10.9. The van der Waals surface area contributed by atoms with E-state index in [1.165, 1.54) is 12.0 Å². The van der Waals surface area contributed by atoms with Crippen molar-refractivity contribution in [3.63, 3.8) is 0 Å². The summed E-state index contributed by atoms with van der Waals surface area (Å²) in [6, 6.07) is 9.93. The summed E-state index contributed by atoms with van der Waals surface area (Å²) in [5.74, 6) is 3.28. The van der Waals surface area contributed by atoms with Crippen molar-refractivity contribution in [2.45, 2.75) is 71.5 Å². The highest BCUT2D eigenvalue weighted by Gasteiger charge is 2.59. The number of hydrogen-bond donors (Lipinski definition) is 0. The van der Waals surface area contributed by atoms with Crippen molar-refractivity contribution < 1.29 is 19.1 Å². The highest BCUT2D eigenvalue weighted by Crippen LogP contribution is 2.63. The molecule has 1 aromatic rings. The van der Waals surface area contributed by atoms with E-state index in [9.17, 15) is 9.59 Å². The van der Waals surface area contributed by atoms with Crippen molar-refractivity contribution in [2.75, 3.05) is 6.61 Å². The Morgan fingerprint density at radius 1 is 1.12 bits per heavy atom. The fourth-order valence-corrected chi connectivity index (χ4v) is 7.75. The van der Waals surface area contributed by atoms with Crippen LogP contribution in [0.25, 0.3) is 0 Å². The number of ketones is 1. The standard InChI is InChI=1S/C28H36O4/c1-18-14-20-15-21(29)8-9-22(20)23-12-13-28(2)24(27(18)23)10-11-25(28)32-26(30)17-31-16-19-6-4-3-5-7-19/h3-7,15,18,22-25,27H,8-14,16-17H2,1-2H3/t18-,22+,23-,24+,25+,27-,28+/m1/s1. The largest absolute Gasteiger partial charge is 0.460 e. The van der Waals surface area contributed by atoms with E-state index >= 15 is 0 Å². The Kier molecular flexibility index (Phi) is 6.00. The van der Waals surface area contributed by atoms with Crippen molar-refractivity contribution in [3.05, 3.63) is 47.5 Å². The molecule has 0 bridgehead atoms. The molecule has 4 nitrogen and oxygen atoms in total. The summed E-state index contributed by atoms with van der Waals surface area (Å²) in [4.78, 5) is 24.6. The second-order valence-corrected chi connectivity index (χ2v) is 10.9. The Bertz CT molecular complexity index is 890. The van der Waals surface area contributed by atoms with Crippen LogP contribution in [0.2, 0.25) is 0 Å². The number of ether oxygens (including phenoxy) is 2. The van der Waals surface area contributed by atoms with Gasteiger partial charge in [-0.2, -0.15) is 0 Å². The normalized spacial score (nSPS) is 38.3. The van der Waals surface area contributed by atoms with Gasteiger partial charge in [0.2, 0.25) is 0 Å². The first kappa shape index (κ1) is 21.9. The van der Waals surface area contributed by atoms with E-state index in [1.54, 1.807) is 0 Å². The molecule has 0 aliphatic heterocycles. The quantitative estimate of drug-likeness (QED) is 0.572. The number of benzene rings is 1. The van der Waals surface area contributed by atoms with Crippen LogP contribution in [-0.4, -0.2) is 24.5 Å². The summed E-state index contributed by atoms with van der Waals surface area (Å²) in [5.41, 5.74) is 2.56. The average Bonchev–Trinajstić information content (AvgIpc) is 3.10. The van der Waals surface area contributed by atoms with Gasteiger partial charge in [0.25, 0.3) is 0 Å². The monoisotopic (exact) mass is 436 g/mol. The van der Waals surface area contributed by atoms with Gasteiger partial charge in [0.1, 0.15) is 12.7 Å². The fraction of sp³-hybridized carbons (Fsp3) is 0.643. The van der Waals surface area contributed by atoms with Gasteiger partial charge in [-0.3, -0.25) is 4.79 Å². The van der Waals surface area contributed by atoms with Crippen LogP contribution in [0, 0.1) is 35.0 Å². The third-order valence-electron chi connectivity index (χ3n) is 9.16. The van der Waals surface area contributed by atoms with Crippen LogP contribution in [0.3, 0.4) is 0 Å². The number of fused-ring (bicyclic) bond motifs is 5. The number of allylic oxidation sites excluding steroid dienone is 1. The first-order chi connectivity index (χ1) is 15.5. The van der Waals surface area contributed by atoms with Crippen molar-refractivity contribution in [1.29, 1.82) is 0 Å². The molecule has 172 valence electrons. The van der Waals surface area contributed by atoms with E-state index < -0.39 is 0 Å². The Hall–Kier alpha value is -1.94. The van der Waals surface area contributed by atoms with Gasteiger partial charge in [-0.05, 0) is 79.8 Å². The molecule has 32 heavy (non-hydrogen) atoms. The molecule has 0 aromatic heterocycles. The first-order valence-corrected chi connectivity index (χ1v) is 12.5. The summed E-state index contributed by atoms with van der Waals surface area (Å²) in [5, 5.41) is 0. The molecule has 0 saturated heterocycles. The summed E-state index contributed by atoms with van der Waals surface area (Å²) in [6.45, 7) is 5.20. The summed E-state index contributed by atoms with van der Waals surface area (Å²) in [6.07, 6.45) is 9.23. The maximum atomic E-state index is 12.6. The number of esters is 1. The minimum Gasteiger partial charge on any atom is -0.460 e. The predicted octanol–water partition coefficient (Wildman–Crippen LogP) is 5.50. The van der Waals surface area contributed by atoms with Gasteiger partial charge in [0, 0.05) is 11.8 Å². The lowest BCUT2D eigenvalue weighted by Gasteiger charge is -2.55. The number of carbonyl (C=O) groups excluding carboxylic acids is 2. The Morgan fingerprint density at radius 2 is 1.94 bits per heavy atom. The number of hydrogen-bond acceptors (Lipinski definition) is 4. The molecule has 4 aliphatic rings. The topological polar surface area (TPSA) is 52.6 Å². The molecule has 3 fully saturated rings. The molecule has 0 radical (unpaired) electrons. The number of rotatable bonds is 5. The molecule has 0 heterocycles. The fourth-order valence-electron chi connectivity index (χ4n) is 7.75. The van der Waals surface area contributed by atoms with E-state index in [0.717, 1.165) is 44.1 Å². The smallest absolute Gasteiger partial charge is 0.332 e. The molecule has 0 unspecified atom stereocenters. The molecule has 3 saturated carbocycles. The van der Waals surface area contributed by atoms with E-state index in [0.29, 0.717) is 42.0 Å². The predicted molar refractivity (Wildman–Crippen MR) is 123 cm³/mol. The van der Waals surface area contributed by atoms with E-state index in [4.69, 9.17) is 9.47 Å². The number of carbonyl (C=O) groups is 2. The highest BCUT2D eigenvalue weighted by atomic mass is 16.6. The van der Waals surface area contributed by atoms with Crippen molar-refractivity contribution >= 4 is 11.8 Å². The summed E-state index contributed by atoms with van der Waals surface area (Å²) < 4.78 is 11.7. The molecule has 5 rings (SSSR count). The van der Waals surface area contributed by atoms with Gasteiger partial charge in [-0.15, -0.1) is 0 Å². The minimum absolute atomic E-state index is 0.00153. The molecule has 0 N–H and O–H groups in total. The average molecular weight is 437 g/mol. The van der Waals surface area contributed by atoms with E-state index in [1.807, 2.05) is 36.4 Å². The van der Waals surface area contributed by atoms with Crippen LogP contribution >= 0.6 is 0 Å². The lowest BCUT2D eigenvalue weighted by molar-refractivity contribution is -0.165. The van der Waals surface area contributed by atoms with Gasteiger partial charge in [0.15, 0.2) is 5.78 Å². The third-order valence-corrected chi connectivity index (χ3v) is 9.16. The summed E-state index contributed by atoms with van der Waals surface area (Å²) in [7, 11) is 0. The van der Waals surface area contributed by atoms with Crippen LogP contribution in [0.15, 0.2) is 42.0 Å². The third kappa shape index (κ3) is 3.96. The molecular weight excluding hydrogens is 400 g/mol. The Morgan fingerprint density at radius 3 is 2.75 bits per heavy atom. The van der Waals surface area contributed by atoms with Gasteiger partial charge in [-0.1, -0.05) is 49.8 Å². The van der Waals surface area contributed by atoms with E-state index in [-0.39, 0.29) is 24.1 Å². The van der Waals surface area contributed by atoms with Crippen molar-refractivity contribution in [3.8, 4) is 0 Å². The van der Waals surface area contributed by atoms with Gasteiger partial charge in [0.05, 0.1) is 6.61 Å².